The van der Waals surface area contributed by atoms with E-state index in [1.54, 1.807) is 7.11 Å². The van der Waals surface area contributed by atoms with Gasteiger partial charge >= 0.3 is 5.97 Å². The van der Waals surface area contributed by atoms with Gasteiger partial charge < -0.3 is 19.1 Å². The van der Waals surface area contributed by atoms with Gasteiger partial charge in [-0.2, -0.15) is 5.26 Å². The van der Waals surface area contributed by atoms with E-state index in [4.69, 9.17) is 14.2 Å². The second-order valence-corrected chi connectivity index (χ2v) is 9.04. The fourth-order valence-electron chi connectivity index (χ4n) is 5.20. The first-order valence-corrected chi connectivity index (χ1v) is 11.5. The minimum atomic E-state index is -0.203. The summed E-state index contributed by atoms with van der Waals surface area (Å²) < 4.78 is 16.8. The van der Waals surface area contributed by atoms with Gasteiger partial charge in [0.25, 0.3) is 0 Å². The zero-order valence-electron chi connectivity index (χ0n) is 19.2. The van der Waals surface area contributed by atoms with Crippen molar-refractivity contribution in [2.75, 3.05) is 46.4 Å². The molecule has 2 aromatic rings. The first-order chi connectivity index (χ1) is 16.1. The molecule has 2 fully saturated rings. The molecule has 3 aliphatic rings. The van der Waals surface area contributed by atoms with Crippen LogP contribution in [0.2, 0.25) is 0 Å². The average Bonchev–Trinajstić information content (AvgIpc) is 3.24. The zero-order chi connectivity index (χ0) is 22.9. The Morgan fingerprint density at radius 3 is 2.91 bits per heavy atom. The molecule has 7 nitrogen and oxygen atoms in total. The quantitative estimate of drug-likeness (QED) is 0.653. The van der Waals surface area contributed by atoms with E-state index in [0.717, 1.165) is 55.8 Å². The number of carbonyl (C=O) groups excluding carboxylic acids is 1. The largest absolute Gasteiger partial charge is 0.495 e. The summed E-state index contributed by atoms with van der Waals surface area (Å²) in [6.07, 6.45) is 0.961. The van der Waals surface area contributed by atoms with Gasteiger partial charge in [-0.15, -0.1) is 0 Å². The van der Waals surface area contributed by atoms with Crippen LogP contribution in [0.25, 0.3) is 0 Å². The molecule has 172 valence electrons. The molecule has 0 amide bonds. The maximum atomic E-state index is 11.8. The summed E-state index contributed by atoms with van der Waals surface area (Å²) in [5, 5.41) is 9.22. The molecular formula is C26H29N3O4. The number of fused-ring (bicyclic) bond motifs is 2. The second-order valence-electron chi connectivity index (χ2n) is 9.04. The van der Waals surface area contributed by atoms with Crippen LogP contribution in [0, 0.1) is 18.3 Å². The van der Waals surface area contributed by atoms with Crippen LogP contribution in [0.4, 0.5) is 0 Å². The van der Waals surface area contributed by atoms with E-state index in [1.807, 2.05) is 24.3 Å². The molecule has 0 radical (unpaired) electrons. The van der Waals surface area contributed by atoms with Gasteiger partial charge in [0.1, 0.15) is 18.4 Å². The molecule has 7 heteroatoms. The van der Waals surface area contributed by atoms with Crippen molar-refractivity contribution in [2.45, 2.75) is 32.1 Å². The zero-order valence-corrected chi connectivity index (χ0v) is 19.2. The van der Waals surface area contributed by atoms with Gasteiger partial charge in [-0.1, -0.05) is 12.1 Å². The first kappa shape index (κ1) is 21.9. The Morgan fingerprint density at radius 1 is 1.21 bits per heavy atom. The summed E-state index contributed by atoms with van der Waals surface area (Å²) in [6.45, 7) is 8.09. The lowest BCUT2D eigenvalue weighted by molar-refractivity contribution is -0.0901. The van der Waals surface area contributed by atoms with Crippen LogP contribution in [0.5, 0.6) is 5.75 Å². The molecule has 3 aliphatic heterocycles. The van der Waals surface area contributed by atoms with Gasteiger partial charge in [-0.05, 0) is 48.2 Å². The molecule has 33 heavy (non-hydrogen) atoms. The predicted octanol–water partition coefficient (Wildman–Crippen LogP) is 2.85. The highest BCUT2D eigenvalue weighted by molar-refractivity contribution is 5.93. The van der Waals surface area contributed by atoms with Gasteiger partial charge in [0.05, 0.1) is 30.9 Å². The summed E-state index contributed by atoms with van der Waals surface area (Å²) >= 11 is 0. The number of piperazine rings is 1. The van der Waals surface area contributed by atoms with Crippen molar-refractivity contribution in [1.82, 2.24) is 9.80 Å². The summed E-state index contributed by atoms with van der Waals surface area (Å²) in [5.74, 6) is 0.397. The van der Waals surface area contributed by atoms with Crippen LogP contribution in [0.15, 0.2) is 30.3 Å². The van der Waals surface area contributed by atoms with Gasteiger partial charge in [0.2, 0.25) is 0 Å². The minimum Gasteiger partial charge on any atom is -0.495 e. The third-order valence-electron chi connectivity index (χ3n) is 7.27. The minimum absolute atomic E-state index is 0.00608. The van der Waals surface area contributed by atoms with Crippen LogP contribution < -0.4 is 4.74 Å². The molecule has 1 unspecified atom stereocenters. The van der Waals surface area contributed by atoms with Gasteiger partial charge in [0, 0.05) is 44.3 Å². The number of hydrogen-bond donors (Lipinski definition) is 0. The van der Waals surface area contributed by atoms with E-state index in [0.29, 0.717) is 30.6 Å². The third-order valence-corrected chi connectivity index (χ3v) is 7.27. The molecule has 0 spiro atoms. The molecule has 0 N–H and O–H groups in total. The number of nitriles is 1. The lowest BCUT2D eigenvalue weighted by Crippen LogP contribution is -2.58. The van der Waals surface area contributed by atoms with Gasteiger partial charge in [-0.25, -0.2) is 4.79 Å². The van der Waals surface area contributed by atoms with E-state index in [-0.39, 0.29) is 12.1 Å². The van der Waals surface area contributed by atoms with Crippen molar-refractivity contribution in [2.24, 2.45) is 0 Å². The number of nitrogens with zero attached hydrogens (tertiary/aromatic N) is 3. The lowest BCUT2D eigenvalue weighted by Gasteiger charge is -2.46. The molecule has 5 rings (SSSR count). The Kier molecular flexibility index (Phi) is 6.07. The topological polar surface area (TPSA) is 75.0 Å². The van der Waals surface area contributed by atoms with E-state index >= 15 is 0 Å². The van der Waals surface area contributed by atoms with Crippen molar-refractivity contribution >= 4 is 5.97 Å². The molecule has 2 atom stereocenters. The average molecular weight is 448 g/mol. The SMILES string of the molecule is COc1cc(C2CN3CCN(CCc4ccc5c(c4C)COC5=O)C[C@@H]3CO2)ccc1C#N. The lowest BCUT2D eigenvalue weighted by atomic mass is 9.96. The van der Waals surface area contributed by atoms with Crippen LogP contribution in [-0.2, 0) is 22.5 Å². The Bertz CT molecular complexity index is 1110. The normalized spacial score (nSPS) is 22.9. The number of morpholine rings is 1. The summed E-state index contributed by atoms with van der Waals surface area (Å²) in [5.41, 5.74) is 5.86. The Balaban J connectivity index is 1.18. The molecular weight excluding hydrogens is 418 g/mol. The summed E-state index contributed by atoms with van der Waals surface area (Å²) in [7, 11) is 1.59. The number of methoxy groups -OCH3 is 1. The summed E-state index contributed by atoms with van der Waals surface area (Å²) in [6, 6.07) is 12.3. The molecule has 0 aliphatic carbocycles. The predicted molar refractivity (Wildman–Crippen MR) is 122 cm³/mol. The van der Waals surface area contributed by atoms with Crippen molar-refractivity contribution in [1.29, 1.82) is 5.26 Å². The number of rotatable bonds is 5. The van der Waals surface area contributed by atoms with Crippen molar-refractivity contribution in [3.63, 3.8) is 0 Å². The monoisotopic (exact) mass is 447 g/mol. The number of cyclic esters (lactones) is 1. The highest BCUT2D eigenvalue weighted by Gasteiger charge is 2.34. The molecule has 0 saturated carbocycles. The Labute approximate surface area is 194 Å². The van der Waals surface area contributed by atoms with E-state index < -0.39 is 0 Å². The smallest absolute Gasteiger partial charge is 0.338 e. The molecule has 2 aromatic carbocycles. The van der Waals surface area contributed by atoms with Gasteiger partial charge in [-0.3, -0.25) is 4.90 Å². The highest BCUT2D eigenvalue weighted by atomic mass is 16.5. The van der Waals surface area contributed by atoms with Crippen molar-refractivity contribution < 1.29 is 19.0 Å². The second kappa shape index (κ2) is 9.14. The highest BCUT2D eigenvalue weighted by Crippen LogP contribution is 2.31. The standard InChI is InChI=1S/C26H29N3O4/c1-17-18(5-6-22-23(17)16-33-26(22)30)7-8-28-9-10-29-14-25(32-15-21(29)13-28)19-3-4-20(12-27)24(11-19)31-2/h3-6,11,21,25H,7-10,13-16H2,1-2H3/t21-,25?/m1/s1. The third kappa shape index (κ3) is 4.22. The molecule has 2 saturated heterocycles. The van der Waals surface area contributed by atoms with Crippen LogP contribution >= 0.6 is 0 Å². The fourth-order valence-corrected chi connectivity index (χ4v) is 5.20. The van der Waals surface area contributed by atoms with Crippen LogP contribution in [0.1, 0.15) is 44.3 Å². The number of ether oxygens (including phenoxy) is 3. The summed E-state index contributed by atoms with van der Waals surface area (Å²) in [4.78, 5) is 16.8. The van der Waals surface area contributed by atoms with Crippen LogP contribution in [-0.4, -0.2) is 68.3 Å². The molecule has 3 heterocycles. The number of hydrogen-bond acceptors (Lipinski definition) is 7. The number of carbonyl (C=O) groups is 1. The van der Waals surface area contributed by atoms with Crippen LogP contribution in [0.3, 0.4) is 0 Å². The van der Waals surface area contributed by atoms with E-state index in [1.165, 1.54) is 11.1 Å². The number of benzene rings is 2. The van der Waals surface area contributed by atoms with E-state index in [9.17, 15) is 10.1 Å². The Hall–Kier alpha value is -2.92. The molecule has 0 aromatic heterocycles. The molecule has 0 bridgehead atoms. The van der Waals surface area contributed by atoms with Crippen molar-refractivity contribution in [3.8, 4) is 11.8 Å². The maximum absolute atomic E-state index is 11.8. The first-order valence-electron chi connectivity index (χ1n) is 11.5. The van der Waals surface area contributed by atoms with Gasteiger partial charge in [0.15, 0.2) is 0 Å². The Morgan fingerprint density at radius 2 is 2.09 bits per heavy atom. The fraction of sp³-hybridized carbons (Fsp3) is 0.462. The maximum Gasteiger partial charge on any atom is 0.338 e. The van der Waals surface area contributed by atoms with E-state index in [2.05, 4.69) is 28.9 Å². The van der Waals surface area contributed by atoms with Crippen molar-refractivity contribution in [3.05, 3.63) is 63.7 Å². The number of esters is 1.